The molecule has 0 radical (unpaired) electrons. The van der Waals surface area contributed by atoms with Gasteiger partial charge in [0.15, 0.2) is 0 Å². The molecule has 2 rings (SSSR count). The Morgan fingerprint density at radius 3 is 2.80 bits per heavy atom. The predicted octanol–water partition coefficient (Wildman–Crippen LogP) is 3.33. The van der Waals surface area contributed by atoms with Crippen LogP contribution >= 0.6 is 0 Å². The number of rotatable bonds is 4. The van der Waals surface area contributed by atoms with E-state index in [4.69, 9.17) is 10.00 Å². The van der Waals surface area contributed by atoms with Crippen LogP contribution in [0, 0.1) is 17.1 Å². The normalized spacial score (nSPS) is 11.7. The number of hydrogen-bond donors (Lipinski definition) is 1. The van der Waals surface area contributed by atoms with Gasteiger partial charge in [-0.3, -0.25) is 0 Å². The molecule has 1 unspecified atom stereocenters. The summed E-state index contributed by atoms with van der Waals surface area (Å²) in [5.41, 5.74) is 1.45. The SMILES string of the molecule is CC(O)c1cccc(OCc2cc(C#N)ccc2F)c1. The second kappa shape index (κ2) is 6.18. The van der Waals surface area contributed by atoms with Gasteiger partial charge < -0.3 is 9.84 Å². The van der Waals surface area contributed by atoms with Crippen molar-refractivity contribution in [1.29, 1.82) is 5.26 Å². The second-order valence-corrected chi connectivity index (χ2v) is 4.46. The Labute approximate surface area is 116 Å². The summed E-state index contributed by atoms with van der Waals surface area (Å²) < 4.78 is 19.1. The molecule has 1 atom stereocenters. The van der Waals surface area contributed by atoms with Gasteiger partial charge in [0.2, 0.25) is 0 Å². The maximum atomic E-state index is 13.6. The molecule has 0 aliphatic carbocycles. The number of nitrogens with zero attached hydrogens (tertiary/aromatic N) is 1. The molecule has 0 bridgehead atoms. The van der Waals surface area contributed by atoms with Crippen molar-refractivity contribution in [3.8, 4) is 11.8 Å². The third-order valence-electron chi connectivity index (χ3n) is 2.91. The molecule has 3 nitrogen and oxygen atoms in total. The Morgan fingerprint density at radius 2 is 2.10 bits per heavy atom. The van der Waals surface area contributed by atoms with E-state index in [2.05, 4.69) is 0 Å². The molecule has 0 amide bonds. The van der Waals surface area contributed by atoms with Crippen LogP contribution in [0.5, 0.6) is 5.75 Å². The molecule has 2 aromatic carbocycles. The van der Waals surface area contributed by atoms with Crippen LogP contribution in [-0.2, 0) is 6.61 Å². The first-order valence-electron chi connectivity index (χ1n) is 6.19. The largest absolute Gasteiger partial charge is 0.489 e. The van der Waals surface area contributed by atoms with Crippen molar-refractivity contribution in [2.24, 2.45) is 0 Å². The van der Waals surface area contributed by atoms with Gasteiger partial charge in [-0.1, -0.05) is 12.1 Å². The first kappa shape index (κ1) is 14.0. The van der Waals surface area contributed by atoms with Crippen LogP contribution in [0.3, 0.4) is 0 Å². The van der Waals surface area contributed by atoms with E-state index in [0.29, 0.717) is 16.9 Å². The monoisotopic (exact) mass is 271 g/mol. The van der Waals surface area contributed by atoms with Gasteiger partial charge in [0.05, 0.1) is 17.7 Å². The van der Waals surface area contributed by atoms with Gasteiger partial charge in [0, 0.05) is 5.56 Å². The smallest absolute Gasteiger partial charge is 0.129 e. The van der Waals surface area contributed by atoms with E-state index in [0.717, 1.165) is 5.56 Å². The van der Waals surface area contributed by atoms with Crippen LogP contribution < -0.4 is 4.74 Å². The molecular formula is C16H14FNO2. The third kappa shape index (κ3) is 3.34. The Hall–Kier alpha value is -2.38. The molecule has 0 aliphatic heterocycles. The fourth-order valence-corrected chi connectivity index (χ4v) is 1.78. The van der Waals surface area contributed by atoms with Crippen molar-refractivity contribution in [2.75, 3.05) is 0 Å². The standard InChI is InChI=1S/C16H14FNO2/c1-11(19)13-3-2-4-15(8-13)20-10-14-7-12(9-18)5-6-16(14)17/h2-8,11,19H,10H2,1H3. The summed E-state index contributed by atoms with van der Waals surface area (Å²) in [4.78, 5) is 0. The van der Waals surface area contributed by atoms with Crippen LogP contribution in [-0.4, -0.2) is 5.11 Å². The molecule has 4 heteroatoms. The zero-order valence-electron chi connectivity index (χ0n) is 11.0. The highest BCUT2D eigenvalue weighted by molar-refractivity contribution is 5.34. The van der Waals surface area contributed by atoms with Gasteiger partial charge in [0.1, 0.15) is 18.2 Å². The lowest BCUT2D eigenvalue weighted by Gasteiger charge is -2.10. The molecule has 20 heavy (non-hydrogen) atoms. The zero-order chi connectivity index (χ0) is 14.5. The van der Waals surface area contributed by atoms with Crippen LogP contribution in [0.2, 0.25) is 0 Å². The number of benzene rings is 2. The third-order valence-corrected chi connectivity index (χ3v) is 2.91. The molecule has 102 valence electrons. The van der Waals surface area contributed by atoms with Crippen molar-refractivity contribution >= 4 is 0 Å². The van der Waals surface area contributed by atoms with E-state index >= 15 is 0 Å². The first-order chi connectivity index (χ1) is 9.60. The molecule has 0 aromatic heterocycles. The minimum Gasteiger partial charge on any atom is -0.489 e. The van der Waals surface area contributed by atoms with Gasteiger partial charge in [-0.2, -0.15) is 5.26 Å². The highest BCUT2D eigenvalue weighted by Crippen LogP contribution is 2.20. The number of aliphatic hydroxyl groups is 1. The summed E-state index contributed by atoms with van der Waals surface area (Å²) in [5, 5.41) is 18.3. The molecule has 0 spiro atoms. The fraction of sp³-hybridized carbons (Fsp3) is 0.188. The van der Waals surface area contributed by atoms with Gasteiger partial charge >= 0.3 is 0 Å². The summed E-state index contributed by atoms with van der Waals surface area (Å²) in [6.45, 7) is 1.69. The number of hydrogen-bond acceptors (Lipinski definition) is 3. The average Bonchev–Trinajstić information content (AvgIpc) is 2.46. The lowest BCUT2D eigenvalue weighted by Crippen LogP contribution is -2.00. The van der Waals surface area contributed by atoms with E-state index in [1.54, 1.807) is 31.2 Å². The highest BCUT2D eigenvalue weighted by atomic mass is 19.1. The number of nitriles is 1. The quantitative estimate of drug-likeness (QED) is 0.928. The molecule has 0 saturated carbocycles. The highest BCUT2D eigenvalue weighted by Gasteiger charge is 2.06. The van der Waals surface area contributed by atoms with E-state index < -0.39 is 11.9 Å². The summed E-state index contributed by atoms with van der Waals surface area (Å²) in [5.74, 6) is 0.140. The fourth-order valence-electron chi connectivity index (χ4n) is 1.78. The van der Waals surface area contributed by atoms with Crippen LogP contribution in [0.25, 0.3) is 0 Å². The predicted molar refractivity (Wildman–Crippen MR) is 72.5 cm³/mol. The molecule has 0 saturated heterocycles. The van der Waals surface area contributed by atoms with Crippen molar-refractivity contribution in [3.05, 3.63) is 65.0 Å². The Bertz CT molecular complexity index is 647. The molecule has 0 heterocycles. The molecule has 1 N–H and O–H groups in total. The van der Waals surface area contributed by atoms with Gasteiger partial charge in [0.25, 0.3) is 0 Å². The summed E-state index contributed by atoms with van der Waals surface area (Å²) in [6, 6.07) is 13.1. The van der Waals surface area contributed by atoms with Crippen molar-refractivity contribution in [3.63, 3.8) is 0 Å². The van der Waals surface area contributed by atoms with E-state index in [9.17, 15) is 9.50 Å². The average molecular weight is 271 g/mol. The van der Waals surface area contributed by atoms with Crippen molar-refractivity contribution < 1.29 is 14.2 Å². The first-order valence-corrected chi connectivity index (χ1v) is 6.19. The summed E-state index contributed by atoms with van der Waals surface area (Å²) in [7, 11) is 0. The lowest BCUT2D eigenvalue weighted by atomic mass is 10.1. The minimum absolute atomic E-state index is 0.0324. The topological polar surface area (TPSA) is 53.2 Å². The molecule has 0 fully saturated rings. The summed E-state index contributed by atoms with van der Waals surface area (Å²) >= 11 is 0. The number of halogens is 1. The number of aliphatic hydroxyl groups excluding tert-OH is 1. The van der Waals surface area contributed by atoms with Gasteiger partial charge in [-0.05, 0) is 42.8 Å². The van der Waals surface area contributed by atoms with E-state index in [1.807, 2.05) is 6.07 Å². The molecule has 0 aliphatic rings. The van der Waals surface area contributed by atoms with Crippen LogP contribution in [0.1, 0.15) is 29.7 Å². The van der Waals surface area contributed by atoms with Crippen LogP contribution in [0.4, 0.5) is 4.39 Å². The van der Waals surface area contributed by atoms with Gasteiger partial charge in [-0.15, -0.1) is 0 Å². The molecule has 2 aromatic rings. The Balaban J connectivity index is 2.13. The minimum atomic E-state index is -0.586. The summed E-state index contributed by atoms with van der Waals surface area (Å²) in [6.07, 6.45) is -0.586. The number of ether oxygens (including phenoxy) is 1. The van der Waals surface area contributed by atoms with E-state index in [-0.39, 0.29) is 6.61 Å². The van der Waals surface area contributed by atoms with Crippen LogP contribution in [0.15, 0.2) is 42.5 Å². The van der Waals surface area contributed by atoms with Gasteiger partial charge in [-0.25, -0.2) is 4.39 Å². The zero-order valence-corrected chi connectivity index (χ0v) is 11.0. The Kier molecular flexibility index (Phi) is 4.34. The second-order valence-electron chi connectivity index (χ2n) is 4.46. The Morgan fingerprint density at radius 1 is 1.30 bits per heavy atom. The van der Waals surface area contributed by atoms with Crippen molar-refractivity contribution in [1.82, 2.24) is 0 Å². The maximum Gasteiger partial charge on any atom is 0.129 e. The maximum absolute atomic E-state index is 13.6. The molecular weight excluding hydrogens is 257 g/mol. The lowest BCUT2D eigenvalue weighted by molar-refractivity contribution is 0.198. The van der Waals surface area contributed by atoms with E-state index in [1.165, 1.54) is 18.2 Å². The van der Waals surface area contributed by atoms with Crippen molar-refractivity contribution in [2.45, 2.75) is 19.6 Å².